The number of hydrogen-bond donors (Lipinski definition) is 1. The molecular formula is C14H15F3N2O. The predicted molar refractivity (Wildman–Crippen MR) is 66.7 cm³/mol. The van der Waals surface area contributed by atoms with E-state index in [0.29, 0.717) is 18.4 Å². The highest BCUT2D eigenvalue weighted by molar-refractivity contribution is 5.95. The molecule has 1 N–H and O–H groups in total. The predicted octanol–water partition coefficient (Wildman–Crippen LogP) is 1.78. The van der Waals surface area contributed by atoms with Gasteiger partial charge in [0.1, 0.15) is 0 Å². The fraction of sp³-hybridized carbons (Fsp3) is 0.500. The standard InChI is InChI=1S/C14H15F3N2O/c1-7-10-5-18-4-8(10)6-19(7)14(20)9-2-3-11(15)13(17)12(9)16/h2-3,7-8,10,18H,4-6H2,1H3. The Morgan fingerprint density at radius 3 is 2.70 bits per heavy atom. The quantitative estimate of drug-likeness (QED) is 0.797. The molecule has 2 aliphatic rings. The molecule has 3 rings (SSSR count). The number of carbonyl (C=O) groups excluding carboxylic acids is 1. The summed E-state index contributed by atoms with van der Waals surface area (Å²) in [4.78, 5) is 13.9. The van der Waals surface area contributed by atoms with Crippen LogP contribution in [0.3, 0.4) is 0 Å². The van der Waals surface area contributed by atoms with Crippen molar-refractivity contribution in [3.05, 3.63) is 35.1 Å². The number of fused-ring (bicyclic) bond motifs is 1. The molecule has 108 valence electrons. The minimum absolute atomic E-state index is 0.0324. The Labute approximate surface area is 114 Å². The van der Waals surface area contributed by atoms with Crippen LogP contribution in [0.2, 0.25) is 0 Å². The number of nitrogens with zero attached hydrogens (tertiary/aromatic N) is 1. The van der Waals surface area contributed by atoms with Crippen LogP contribution in [-0.4, -0.2) is 36.5 Å². The van der Waals surface area contributed by atoms with E-state index in [4.69, 9.17) is 0 Å². The maximum atomic E-state index is 13.7. The van der Waals surface area contributed by atoms with E-state index in [1.54, 1.807) is 4.90 Å². The van der Waals surface area contributed by atoms with E-state index in [1.165, 1.54) is 0 Å². The number of benzene rings is 1. The Kier molecular flexibility index (Phi) is 3.20. The molecule has 1 amide bonds. The molecule has 2 fully saturated rings. The van der Waals surface area contributed by atoms with Crippen LogP contribution < -0.4 is 5.32 Å². The Balaban J connectivity index is 1.89. The molecule has 1 aromatic rings. The first-order valence-corrected chi connectivity index (χ1v) is 6.66. The lowest BCUT2D eigenvalue weighted by Gasteiger charge is -2.24. The Bertz CT molecular complexity index is 564. The summed E-state index contributed by atoms with van der Waals surface area (Å²) in [5, 5.41) is 3.26. The summed E-state index contributed by atoms with van der Waals surface area (Å²) in [5.74, 6) is -4.16. The third kappa shape index (κ3) is 1.90. The van der Waals surface area contributed by atoms with E-state index < -0.39 is 28.9 Å². The SMILES string of the molecule is CC1C2CNCC2CN1C(=O)c1ccc(F)c(F)c1F. The van der Waals surface area contributed by atoms with Crippen molar-refractivity contribution in [2.45, 2.75) is 13.0 Å². The molecule has 2 saturated heterocycles. The molecule has 0 aromatic heterocycles. The summed E-state index contributed by atoms with van der Waals surface area (Å²) in [5.41, 5.74) is -0.399. The lowest BCUT2D eigenvalue weighted by molar-refractivity contribution is 0.0722. The Morgan fingerprint density at radius 1 is 1.25 bits per heavy atom. The van der Waals surface area contributed by atoms with Gasteiger partial charge in [0.15, 0.2) is 17.5 Å². The third-order valence-electron chi connectivity index (χ3n) is 4.46. The number of hydrogen-bond acceptors (Lipinski definition) is 2. The van der Waals surface area contributed by atoms with Gasteiger partial charge in [-0.15, -0.1) is 0 Å². The smallest absolute Gasteiger partial charge is 0.257 e. The molecule has 3 nitrogen and oxygen atoms in total. The van der Waals surface area contributed by atoms with Gasteiger partial charge < -0.3 is 10.2 Å². The molecule has 2 aliphatic heterocycles. The minimum atomic E-state index is -1.59. The normalized spacial score (nSPS) is 28.8. The first kappa shape index (κ1) is 13.4. The zero-order chi connectivity index (χ0) is 14.4. The minimum Gasteiger partial charge on any atom is -0.335 e. The Hall–Kier alpha value is -1.56. The highest BCUT2D eigenvalue weighted by Gasteiger charge is 2.44. The summed E-state index contributed by atoms with van der Waals surface area (Å²) in [6.07, 6.45) is 0. The molecule has 20 heavy (non-hydrogen) atoms. The number of likely N-dealkylation sites (tertiary alicyclic amines) is 1. The molecule has 0 radical (unpaired) electrons. The fourth-order valence-electron chi connectivity index (χ4n) is 3.28. The molecule has 6 heteroatoms. The van der Waals surface area contributed by atoms with Gasteiger partial charge in [-0.3, -0.25) is 4.79 Å². The van der Waals surface area contributed by atoms with Crippen molar-refractivity contribution in [2.24, 2.45) is 11.8 Å². The van der Waals surface area contributed by atoms with Gasteiger partial charge in [-0.1, -0.05) is 0 Å². The van der Waals surface area contributed by atoms with E-state index in [1.807, 2.05) is 6.92 Å². The van der Waals surface area contributed by atoms with Crippen molar-refractivity contribution in [1.29, 1.82) is 0 Å². The van der Waals surface area contributed by atoms with E-state index in [0.717, 1.165) is 25.2 Å². The Morgan fingerprint density at radius 2 is 2.00 bits per heavy atom. The van der Waals surface area contributed by atoms with Crippen molar-refractivity contribution in [2.75, 3.05) is 19.6 Å². The molecular weight excluding hydrogens is 269 g/mol. The zero-order valence-corrected chi connectivity index (χ0v) is 11.0. The van der Waals surface area contributed by atoms with Crippen molar-refractivity contribution in [1.82, 2.24) is 10.2 Å². The van der Waals surface area contributed by atoms with Crippen LogP contribution in [-0.2, 0) is 0 Å². The molecule has 0 aliphatic carbocycles. The monoisotopic (exact) mass is 284 g/mol. The van der Waals surface area contributed by atoms with Crippen LogP contribution in [0, 0.1) is 29.3 Å². The van der Waals surface area contributed by atoms with Crippen LogP contribution in [0.5, 0.6) is 0 Å². The van der Waals surface area contributed by atoms with Crippen molar-refractivity contribution < 1.29 is 18.0 Å². The summed E-state index contributed by atoms with van der Waals surface area (Å²) in [6, 6.07) is 1.76. The van der Waals surface area contributed by atoms with Crippen molar-refractivity contribution in [3.8, 4) is 0 Å². The maximum absolute atomic E-state index is 13.7. The molecule has 0 spiro atoms. The second-order valence-corrected chi connectivity index (χ2v) is 5.50. The van der Waals surface area contributed by atoms with Gasteiger partial charge in [0.25, 0.3) is 5.91 Å². The van der Waals surface area contributed by atoms with Gasteiger partial charge in [0.2, 0.25) is 0 Å². The number of nitrogens with one attached hydrogen (secondary N) is 1. The summed E-state index contributed by atoms with van der Waals surface area (Å²) in [7, 11) is 0. The van der Waals surface area contributed by atoms with E-state index in [-0.39, 0.29) is 6.04 Å². The molecule has 0 bridgehead atoms. The average Bonchev–Trinajstić information content (AvgIpc) is 2.99. The molecule has 3 atom stereocenters. The topological polar surface area (TPSA) is 32.3 Å². The summed E-state index contributed by atoms with van der Waals surface area (Å²) >= 11 is 0. The number of rotatable bonds is 1. The lowest BCUT2D eigenvalue weighted by Crippen LogP contribution is -2.38. The number of carbonyl (C=O) groups is 1. The van der Waals surface area contributed by atoms with Crippen molar-refractivity contribution in [3.63, 3.8) is 0 Å². The largest absolute Gasteiger partial charge is 0.335 e. The lowest BCUT2D eigenvalue weighted by atomic mass is 9.95. The van der Waals surface area contributed by atoms with Crippen LogP contribution in [0.15, 0.2) is 12.1 Å². The molecule has 0 saturated carbocycles. The van der Waals surface area contributed by atoms with Gasteiger partial charge in [-0.05, 0) is 30.9 Å². The third-order valence-corrected chi connectivity index (χ3v) is 4.46. The van der Waals surface area contributed by atoms with E-state index in [9.17, 15) is 18.0 Å². The molecule has 3 unspecified atom stereocenters. The summed E-state index contributed by atoms with van der Waals surface area (Å²) < 4.78 is 39.9. The van der Waals surface area contributed by atoms with Gasteiger partial charge in [0.05, 0.1) is 5.56 Å². The maximum Gasteiger partial charge on any atom is 0.257 e. The summed E-state index contributed by atoms with van der Waals surface area (Å²) in [6.45, 7) is 4.10. The first-order chi connectivity index (χ1) is 9.50. The van der Waals surface area contributed by atoms with Gasteiger partial charge in [-0.2, -0.15) is 0 Å². The van der Waals surface area contributed by atoms with Gasteiger partial charge in [0, 0.05) is 25.7 Å². The second-order valence-electron chi connectivity index (χ2n) is 5.50. The zero-order valence-electron chi connectivity index (χ0n) is 11.0. The second kappa shape index (κ2) is 4.77. The highest BCUT2D eigenvalue weighted by atomic mass is 19.2. The molecule has 2 heterocycles. The average molecular weight is 284 g/mol. The van der Waals surface area contributed by atoms with Gasteiger partial charge >= 0.3 is 0 Å². The number of halogens is 3. The number of amides is 1. The highest BCUT2D eigenvalue weighted by Crippen LogP contribution is 2.33. The van der Waals surface area contributed by atoms with E-state index >= 15 is 0 Å². The fourth-order valence-corrected chi connectivity index (χ4v) is 3.28. The first-order valence-electron chi connectivity index (χ1n) is 6.66. The molecule has 1 aromatic carbocycles. The van der Waals surface area contributed by atoms with Crippen molar-refractivity contribution >= 4 is 5.91 Å². The van der Waals surface area contributed by atoms with E-state index in [2.05, 4.69) is 5.32 Å². The van der Waals surface area contributed by atoms with Crippen LogP contribution in [0.4, 0.5) is 13.2 Å². The van der Waals surface area contributed by atoms with Crippen LogP contribution >= 0.6 is 0 Å². The van der Waals surface area contributed by atoms with Crippen LogP contribution in [0.1, 0.15) is 17.3 Å². The van der Waals surface area contributed by atoms with Gasteiger partial charge in [-0.25, -0.2) is 13.2 Å². The van der Waals surface area contributed by atoms with Crippen LogP contribution in [0.25, 0.3) is 0 Å².